The van der Waals surface area contributed by atoms with Crippen molar-refractivity contribution in [2.45, 2.75) is 60.1 Å². The van der Waals surface area contributed by atoms with Crippen LogP contribution in [0.25, 0.3) is 0 Å². The normalized spacial score (nSPS) is 15.7. The third-order valence-electron chi connectivity index (χ3n) is 6.63. The Hall–Kier alpha value is -3.65. The fraction of sp³-hybridized carbons (Fsp3) is 0.357. The van der Waals surface area contributed by atoms with Gasteiger partial charge in [0, 0.05) is 0 Å². The average Bonchev–Trinajstić information content (AvgIpc) is 3.02. The van der Waals surface area contributed by atoms with E-state index in [0.717, 1.165) is 30.3 Å². The molecule has 3 aromatic carbocycles. The van der Waals surface area contributed by atoms with Gasteiger partial charge in [0.05, 0.1) is 0 Å². The van der Waals surface area contributed by atoms with Crippen molar-refractivity contribution < 1.29 is 97.2 Å². The topological polar surface area (TPSA) is 44.8 Å². The zero-order valence-corrected chi connectivity index (χ0v) is 25.1. The van der Waals surface area contributed by atoms with Crippen LogP contribution in [-0.2, 0) is 13.6 Å². The van der Waals surface area contributed by atoms with E-state index in [-0.39, 0.29) is 24.3 Å². The molecule has 0 heterocycles. The van der Waals surface area contributed by atoms with E-state index in [1.54, 1.807) is 0 Å². The lowest BCUT2D eigenvalue weighted by molar-refractivity contribution is -0.407. The number of para-hydroxylation sites is 1. The van der Waals surface area contributed by atoms with E-state index in [9.17, 15) is 66.0 Å². The highest BCUT2D eigenvalue weighted by atomic mass is 31.2. The molecule has 0 fully saturated rings. The second-order valence-electron chi connectivity index (χ2n) is 10.2. The number of hydrogen-bond acceptors (Lipinski definition) is 4. The fourth-order valence-corrected chi connectivity index (χ4v) is 5.51. The molecule has 0 aliphatic carbocycles. The van der Waals surface area contributed by atoms with Crippen LogP contribution in [0.3, 0.4) is 0 Å². The maximum absolute atomic E-state index is 15.4. The predicted molar refractivity (Wildman–Crippen MR) is 137 cm³/mol. The molecule has 0 spiro atoms. The van der Waals surface area contributed by atoms with Crippen molar-refractivity contribution in [1.82, 2.24) is 0 Å². The SMILES string of the molecule is O=P(Oc1ccccc1)(O[C@@H](c1ccccc1)C(F)(F)C(F)(F)C(F)(F)C(F)(F)F)O[C@@H](c1ccccc1)C(F)(F)C(F)(F)C(F)(F)C(F)(F)F. The highest BCUT2D eigenvalue weighted by molar-refractivity contribution is 7.49. The number of hydrogen-bond donors (Lipinski definition) is 0. The van der Waals surface area contributed by atoms with Crippen molar-refractivity contribution in [3.63, 3.8) is 0 Å². The van der Waals surface area contributed by atoms with Gasteiger partial charge in [-0.3, -0.25) is 9.05 Å². The standard InChI is InChI=1S/C28H17F18O4P/c29-21(30,23(33,34)25(37,38)27(41,42)43)19(16-10-4-1-5-11-16)49-51(47,48-18-14-8-3-9-15-18)50-20(17-12-6-2-7-13-17)22(31,32)24(35,36)26(39,40)28(44,45)46/h1-15,19-20H/t19-,20-/m0/s1. The molecular formula is C28H17F18O4P. The van der Waals surface area contributed by atoms with Crippen LogP contribution in [0, 0.1) is 0 Å². The van der Waals surface area contributed by atoms with Crippen LogP contribution >= 0.6 is 7.82 Å². The minimum Gasteiger partial charge on any atom is -0.404 e. The van der Waals surface area contributed by atoms with E-state index < -0.39 is 84.8 Å². The van der Waals surface area contributed by atoms with Crippen molar-refractivity contribution in [2.75, 3.05) is 0 Å². The molecule has 0 aromatic heterocycles. The van der Waals surface area contributed by atoms with Crippen molar-refractivity contribution in [2.24, 2.45) is 0 Å². The molecular weight excluding hydrogens is 773 g/mol. The summed E-state index contributed by atoms with van der Waals surface area (Å²) in [6.45, 7) is 0. The molecule has 3 rings (SSSR count). The zero-order valence-electron chi connectivity index (χ0n) is 24.2. The van der Waals surface area contributed by atoms with Crippen LogP contribution in [0.4, 0.5) is 79.0 Å². The first kappa shape index (κ1) is 41.8. The minimum absolute atomic E-state index is 0.231. The summed E-state index contributed by atoms with van der Waals surface area (Å²) in [6, 6.07) is 9.27. The third-order valence-corrected chi connectivity index (χ3v) is 8.00. The molecule has 23 heteroatoms. The Kier molecular flexibility index (Phi) is 11.2. The number of alkyl halides is 18. The molecule has 3 aromatic rings. The highest BCUT2D eigenvalue weighted by Gasteiger charge is 2.85. The lowest BCUT2D eigenvalue weighted by Gasteiger charge is -2.40. The van der Waals surface area contributed by atoms with Gasteiger partial charge in [0.1, 0.15) is 5.75 Å². The summed E-state index contributed by atoms with van der Waals surface area (Å²) in [5.74, 6) is -45.6. The first-order chi connectivity index (χ1) is 23.0. The molecule has 284 valence electrons. The van der Waals surface area contributed by atoms with Crippen LogP contribution < -0.4 is 4.52 Å². The Labute approximate surface area is 273 Å². The van der Waals surface area contributed by atoms with Gasteiger partial charge in [0.15, 0.2) is 12.2 Å². The van der Waals surface area contributed by atoms with Crippen LogP contribution in [0.15, 0.2) is 91.0 Å². The smallest absolute Gasteiger partial charge is 0.404 e. The summed E-state index contributed by atoms with van der Waals surface area (Å²) in [5.41, 5.74) is -3.23. The molecule has 4 nitrogen and oxygen atoms in total. The Morgan fingerprint density at radius 2 is 0.686 bits per heavy atom. The lowest BCUT2D eigenvalue weighted by atomic mass is 9.94. The van der Waals surface area contributed by atoms with Gasteiger partial charge in [-0.1, -0.05) is 78.9 Å². The fourth-order valence-electron chi connectivity index (χ4n) is 3.97. The molecule has 0 radical (unpaired) electrons. The Morgan fingerprint density at radius 3 is 0.961 bits per heavy atom. The van der Waals surface area contributed by atoms with Gasteiger partial charge in [-0.25, -0.2) is 4.57 Å². The van der Waals surface area contributed by atoms with Crippen LogP contribution in [0.2, 0.25) is 0 Å². The Morgan fingerprint density at radius 1 is 0.412 bits per heavy atom. The summed E-state index contributed by atoms with van der Waals surface area (Å²) in [5, 5.41) is 0. The first-order valence-electron chi connectivity index (χ1n) is 13.2. The number of phosphoric ester groups is 1. The van der Waals surface area contributed by atoms with E-state index >= 15 is 17.6 Å². The van der Waals surface area contributed by atoms with Gasteiger partial charge in [0.2, 0.25) is 0 Å². The number of benzene rings is 3. The second-order valence-corrected chi connectivity index (χ2v) is 11.7. The maximum atomic E-state index is 15.4. The van der Waals surface area contributed by atoms with Gasteiger partial charge in [-0.15, -0.1) is 0 Å². The molecule has 0 N–H and O–H groups in total. The van der Waals surface area contributed by atoms with Crippen LogP contribution in [0.5, 0.6) is 5.75 Å². The summed E-state index contributed by atoms with van der Waals surface area (Å²) >= 11 is 0. The van der Waals surface area contributed by atoms with E-state index in [2.05, 4.69) is 13.6 Å². The maximum Gasteiger partial charge on any atom is 0.531 e. The molecule has 0 saturated carbocycles. The van der Waals surface area contributed by atoms with Crippen LogP contribution in [0.1, 0.15) is 23.3 Å². The Balaban J connectivity index is 2.35. The van der Waals surface area contributed by atoms with E-state index in [0.29, 0.717) is 36.4 Å². The molecule has 0 aliphatic heterocycles. The van der Waals surface area contributed by atoms with Crippen molar-refractivity contribution in [3.8, 4) is 5.75 Å². The van der Waals surface area contributed by atoms with E-state index in [4.69, 9.17) is 0 Å². The van der Waals surface area contributed by atoms with Gasteiger partial charge in [-0.2, -0.15) is 79.0 Å². The zero-order chi connectivity index (χ0) is 39.1. The number of phosphoric acid groups is 1. The van der Waals surface area contributed by atoms with Crippen molar-refractivity contribution >= 4 is 7.82 Å². The van der Waals surface area contributed by atoms with Gasteiger partial charge in [-0.05, 0) is 23.3 Å². The minimum atomic E-state index is -7.66. The summed E-state index contributed by atoms with van der Waals surface area (Å²) in [6.07, 6.45) is -23.8. The quantitative estimate of drug-likeness (QED) is 0.121. The molecule has 0 bridgehead atoms. The summed E-state index contributed by atoms with van der Waals surface area (Å²) < 4.78 is 280. The number of halogens is 18. The molecule has 0 aliphatic rings. The predicted octanol–water partition coefficient (Wildman–Crippen LogP) is 11.6. The first-order valence-corrected chi connectivity index (χ1v) is 14.7. The molecule has 0 amide bonds. The monoisotopic (exact) mass is 790 g/mol. The van der Waals surface area contributed by atoms with Gasteiger partial charge in [0.25, 0.3) is 0 Å². The summed E-state index contributed by atoms with van der Waals surface area (Å²) in [4.78, 5) is 0. The third kappa shape index (κ3) is 7.62. The summed E-state index contributed by atoms with van der Waals surface area (Å²) in [7, 11) is -7.08. The van der Waals surface area contributed by atoms with E-state index in [1.807, 2.05) is 0 Å². The molecule has 51 heavy (non-hydrogen) atoms. The second kappa shape index (κ2) is 13.7. The molecule has 0 unspecified atom stereocenters. The van der Waals surface area contributed by atoms with Crippen LogP contribution in [-0.4, -0.2) is 47.9 Å². The van der Waals surface area contributed by atoms with Gasteiger partial charge >= 0.3 is 55.7 Å². The molecule has 2 atom stereocenters. The number of rotatable bonds is 14. The van der Waals surface area contributed by atoms with Crippen molar-refractivity contribution in [1.29, 1.82) is 0 Å². The largest absolute Gasteiger partial charge is 0.531 e. The van der Waals surface area contributed by atoms with Crippen molar-refractivity contribution in [3.05, 3.63) is 102 Å². The highest BCUT2D eigenvalue weighted by Crippen LogP contribution is 2.66. The average molecular weight is 790 g/mol. The lowest BCUT2D eigenvalue weighted by Crippen LogP contribution is -2.63. The van der Waals surface area contributed by atoms with E-state index in [1.165, 1.54) is 0 Å². The van der Waals surface area contributed by atoms with Gasteiger partial charge < -0.3 is 4.52 Å². The molecule has 0 saturated heterocycles. The Bertz CT molecular complexity index is 1550.